The van der Waals surface area contributed by atoms with E-state index in [2.05, 4.69) is 15.1 Å². The number of hydrogen-bond acceptors (Lipinski definition) is 4. The van der Waals surface area contributed by atoms with Crippen LogP contribution in [-0.2, 0) is 0 Å². The number of nitrogens with one attached hydrogen (secondary N) is 1. The Hall–Kier alpha value is -3.72. The average Bonchev–Trinajstić information content (AvgIpc) is 2.98. The summed E-state index contributed by atoms with van der Waals surface area (Å²) in [4.78, 5) is 19.3. The summed E-state index contributed by atoms with van der Waals surface area (Å²) < 4.78 is 1.69. The Labute approximate surface area is 143 Å². The Kier molecular flexibility index (Phi) is 3.40. The molecule has 0 amide bonds. The molecule has 6 nitrogen and oxygen atoms in total. The first kappa shape index (κ1) is 14.8. The van der Waals surface area contributed by atoms with Crippen LogP contribution in [0.2, 0.25) is 0 Å². The third-order valence-electron chi connectivity index (χ3n) is 4.10. The maximum atomic E-state index is 12.5. The van der Waals surface area contributed by atoms with E-state index in [-0.39, 0.29) is 5.56 Å². The van der Waals surface area contributed by atoms with Gasteiger partial charge in [-0.25, -0.2) is 4.68 Å². The molecule has 0 saturated carbocycles. The first-order chi connectivity index (χ1) is 12.2. The third-order valence-corrected chi connectivity index (χ3v) is 4.10. The van der Waals surface area contributed by atoms with Gasteiger partial charge in [0.15, 0.2) is 0 Å². The first-order valence-corrected chi connectivity index (χ1v) is 7.72. The first-order valence-electron chi connectivity index (χ1n) is 7.72. The van der Waals surface area contributed by atoms with Crippen LogP contribution >= 0.6 is 0 Å². The fourth-order valence-corrected chi connectivity index (χ4v) is 3.02. The molecule has 0 bridgehead atoms. The molecule has 0 spiro atoms. The highest BCUT2D eigenvalue weighted by molar-refractivity contribution is 5.98. The van der Waals surface area contributed by atoms with E-state index < -0.39 is 5.56 Å². The van der Waals surface area contributed by atoms with Gasteiger partial charge in [-0.3, -0.25) is 9.78 Å². The molecule has 4 rings (SSSR count). The van der Waals surface area contributed by atoms with Gasteiger partial charge >= 0.3 is 0 Å². The quantitative estimate of drug-likeness (QED) is 0.613. The molecular weight excluding hydrogens is 314 g/mol. The van der Waals surface area contributed by atoms with Crippen molar-refractivity contribution in [3.8, 4) is 22.9 Å². The second-order valence-electron chi connectivity index (χ2n) is 5.61. The molecule has 0 fully saturated rings. The van der Waals surface area contributed by atoms with E-state index in [0.717, 1.165) is 22.3 Å². The summed E-state index contributed by atoms with van der Waals surface area (Å²) >= 11 is 0. The number of aryl methyl sites for hydroxylation is 1. The summed E-state index contributed by atoms with van der Waals surface area (Å²) in [6, 6.07) is 15.2. The van der Waals surface area contributed by atoms with Crippen LogP contribution in [0.25, 0.3) is 27.8 Å². The number of H-pyrrole nitrogens is 1. The van der Waals surface area contributed by atoms with E-state index in [0.29, 0.717) is 11.2 Å². The van der Waals surface area contributed by atoms with Gasteiger partial charge in [0.25, 0.3) is 5.56 Å². The molecule has 0 aliphatic heterocycles. The van der Waals surface area contributed by atoms with Crippen LogP contribution in [0.3, 0.4) is 0 Å². The highest BCUT2D eigenvalue weighted by Gasteiger charge is 2.20. The lowest BCUT2D eigenvalue weighted by Gasteiger charge is -2.07. The van der Waals surface area contributed by atoms with E-state index in [1.54, 1.807) is 29.2 Å². The molecule has 0 aliphatic carbocycles. The molecular formula is C19H13N5O. The van der Waals surface area contributed by atoms with Gasteiger partial charge in [-0.15, -0.1) is 0 Å². The summed E-state index contributed by atoms with van der Waals surface area (Å²) in [5.41, 5.74) is 3.13. The Morgan fingerprint density at radius 3 is 2.52 bits per heavy atom. The number of nitrogens with zero attached hydrogens (tertiary/aromatic N) is 4. The number of nitriles is 1. The zero-order valence-corrected chi connectivity index (χ0v) is 13.4. The Bertz CT molecular complexity index is 1170. The van der Waals surface area contributed by atoms with Gasteiger partial charge in [-0.2, -0.15) is 10.4 Å². The summed E-state index contributed by atoms with van der Waals surface area (Å²) in [5.74, 6) is 0. The van der Waals surface area contributed by atoms with Gasteiger partial charge in [-0.1, -0.05) is 18.2 Å². The van der Waals surface area contributed by atoms with Gasteiger partial charge < -0.3 is 4.98 Å². The maximum absolute atomic E-state index is 12.5. The molecule has 0 atom stereocenters. The molecule has 0 aliphatic rings. The topological polar surface area (TPSA) is 87.4 Å². The predicted octanol–water partition coefficient (Wildman–Crippen LogP) is 2.96. The fourth-order valence-electron chi connectivity index (χ4n) is 3.02. The molecule has 1 N–H and O–H groups in total. The Morgan fingerprint density at radius 2 is 1.84 bits per heavy atom. The van der Waals surface area contributed by atoms with Crippen molar-refractivity contribution >= 4 is 11.0 Å². The molecule has 1 aromatic carbocycles. The molecule has 3 aromatic heterocycles. The van der Waals surface area contributed by atoms with Crippen LogP contribution in [0.1, 0.15) is 11.3 Å². The minimum absolute atomic E-state index is 0.0782. The third kappa shape index (κ3) is 2.30. The number of aromatic amines is 1. The number of fused-ring (bicyclic) bond motifs is 1. The molecule has 0 radical (unpaired) electrons. The molecule has 6 heteroatoms. The van der Waals surface area contributed by atoms with E-state index in [1.807, 2.05) is 43.3 Å². The maximum Gasteiger partial charge on any atom is 0.268 e. The van der Waals surface area contributed by atoms with Gasteiger partial charge in [0.05, 0.1) is 11.4 Å². The van der Waals surface area contributed by atoms with Gasteiger partial charge in [-0.05, 0) is 36.8 Å². The van der Waals surface area contributed by atoms with Gasteiger partial charge in [0.2, 0.25) is 0 Å². The van der Waals surface area contributed by atoms with Crippen LogP contribution in [0.4, 0.5) is 0 Å². The zero-order valence-electron chi connectivity index (χ0n) is 13.4. The van der Waals surface area contributed by atoms with Crippen molar-refractivity contribution < 1.29 is 0 Å². The SMILES string of the molecule is Cc1nn(-c2ccccc2)c2[nH]c(=O)c(C#N)c(-c3ccncc3)c12. The largest absolute Gasteiger partial charge is 0.305 e. The summed E-state index contributed by atoms with van der Waals surface area (Å²) in [7, 11) is 0. The molecule has 25 heavy (non-hydrogen) atoms. The lowest BCUT2D eigenvalue weighted by molar-refractivity contribution is 0.875. The number of aromatic nitrogens is 4. The highest BCUT2D eigenvalue weighted by atomic mass is 16.1. The minimum Gasteiger partial charge on any atom is -0.305 e. The van der Waals surface area contributed by atoms with Crippen molar-refractivity contribution in [2.24, 2.45) is 0 Å². The van der Waals surface area contributed by atoms with Crippen LogP contribution in [-0.4, -0.2) is 19.7 Å². The standard InChI is InChI=1S/C19H13N5O/c1-12-16-17(13-7-9-21-10-8-13)15(11-20)19(25)22-18(16)24(23-12)14-5-3-2-4-6-14/h2-10H,1H3,(H,22,25). The van der Waals surface area contributed by atoms with E-state index in [9.17, 15) is 10.1 Å². The lowest BCUT2D eigenvalue weighted by atomic mass is 9.98. The van der Waals surface area contributed by atoms with Crippen molar-refractivity contribution in [2.75, 3.05) is 0 Å². The number of benzene rings is 1. The van der Waals surface area contributed by atoms with Gasteiger partial charge in [0.1, 0.15) is 17.3 Å². The monoisotopic (exact) mass is 327 g/mol. The van der Waals surface area contributed by atoms with Crippen LogP contribution in [0, 0.1) is 18.3 Å². The van der Waals surface area contributed by atoms with Crippen LogP contribution in [0.5, 0.6) is 0 Å². The molecule has 0 saturated heterocycles. The van der Waals surface area contributed by atoms with E-state index in [4.69, 9.17) is 0 Å². The van der Waals surface area contributed by atoms with Crippen molar-refractivity contribution in [1.82, 2.24) is 19.7 Å². The second kappa shape index (κ2) is 5.73. The normalized spacial score (nSPS) is 10.7. The van der Waals surface area contributed by atoms with Gasteiger partial charge in [0, 0.05) is 23.3 Å². The highest BCUT2D eigenvalue weighted by Crippen LogP contribution is 2.32. The van der Waals surface area contributed by atoms with Crippen molar-refractivity contribution in [3.05, 3.63) is 76.5 Å². The second-order valence-corrected chi connectivity index (χ2v) is 5.61. The number of rotatable bonds is 2. The van der Waals surface area contributed by atoms with E-state index in [1.165, 1.54) is 0 Å². The number of pyridine rings is 2. The Balaban J connectivity index is 2.16. The summed E-state index contributed by atoms with van der Waals surface area (Å²) in [5, 5.41) is 14.9. The van der Waals surface area contributed by atoms with E-state index >= 15 is 0 Å². The minimum atomic E-state index is -0.432. The number of hydrogen-bond donors (Lipinski definition) is 1. The lowest BCUT2D eigenvalue weighted by Crippen LogP contribution is -2.13. The molecule has 120 valence electrons. The van der Waals surface area contributed by atoms with Crippen molar-refractivity contribution in [2.45, 2.75) is 6.92 Å². The molecule has 3 heterocycles. The summed E-state index contributed by atoms with van der Waals surface area (Å²) in [6.07, 6.45) is 3.28. The smallest absolute Gasteiger partial charge is 0.268 e. The van der Waals surface area contributed by atoms with Crippen LogP contribution < -0.4 is 5.56 Å². The number of para-hydroxylation sites is 1. The van der Waals surface area contributed by atoms with Crippen molar-refractivity contribution in [1.29, 1.82) is 5.26 Å². The Morgan fingerprint density at radius 1 is 1.12 bits per heavy atom. The predicted molar refractivity (Wildman–Crippen MR) is 94.4 cm³/mol. The molecule has 0 unspecified atom stereocenters. The zero-order chi connectivity index (χ0) is 17.4. The fraction of sp³-hybridized carbons (Fsp3) is 0.0526. The van der Waals surface area contributed by atoms with Crippen LogP contribution in [0.15, 0.2) is 59.7 Å². The average molecular weight is 327 g/mol. The molecule has 4 aromatic rings. The van der Waals surface area contributed by atoms with Crippen molar-refractivity contribution in [3.63, 3.8) is 0 Å². The summed E-state index contributed by atoms with van der Waals surface area (Å²) in [6.45, 7) is 1.87.